The molecule has 0 bridgehead atoms. The molecule has 0 radical (unpaired) electrons. The summed E-state index contributed by atoms with van der Waals surface area (Å²) in [6.07, 6.45) is -11.8. The van der Waals surface area contributed by atoms with E-state index in [9.17, 15) is 30.9 Å². The Morgan fingerprint density at radius 1 is 1.00 bits per heavy atom. The van der Waals surface area contributed by atoms with Gasteiger partial charge in [-0.15, -0.1) is 0 Å². The van der Waals surface area contributed by atoms with Crippen molar-refractivity contribution in [2.75, 3.05) is 19.4 Å². The topological polar surface area (TPSA) is 35.5 Å². The Kier molecular flexibility index (Phi) is 5.28. The van der Waals surface area contributed by atoms with E-state index in [1.807, 2.05) is 0 Å². The molecule has 1 atom stereocenters. The van der Waals surface area contributed by atoms with Crippen molar-refractivity contribution in [1.82, 2.24) is 0 Å². The van der Waals surface area contributed by atoms with Gasteiger partial charge in [-0.25, -0.2) is 0 Å². The minimum atomic E-state index is -4.92. The Morgan fingerprint density at radius 2 is 1.50 bits per heavy atom. The van der Waals surface area contributed by atoms with Crippen molar-refractivity contribution in [3.05, 3.63) is 0 Å². The highest BCUT2D eigenvalue weighted by Gasteiger charge is 2.43. The molecule has 0 aromatic rings. The first-order valence-corrected chi connectivity index (χ1v) is 5.72. The number of hydrogen-bond donors (Lipinski definition) is 0. The standard InChI is InChI=1S/C6H9F6O3P/c1-2-14-16(13,4-6(10,11)12)15-3-5(7,8)9/h2-4H2,1H3. The van der Waals surface area contributed by atoms with Crippen LogP contribution >= 0.6 is 7.60 Å². The fourth-order valence-electron chi connectivity index (χ4n) is 0.716. The Labute approximate surface area is 87.2 Å². The normalized spacial score (nSPS) is 17.2. The summed E-state index contributed by atoms with van der Waals surface area (Å²) in [6, 6.07) is 0. The molecule has 0 aliphatic carbocycles. The molecule has 0 aliphatic rings. The molecule has 0 aliphatic heterocycles. The Morgan fingerprint density at radius 3 is 1.81 bits per heavy atom. The minimum absolute atomic E-state index is 0.439. The lowest BCUT2D eigenvalue weighted by atomic mass is 10.7. The van der Waals surface area contributed by atoms with Crippen LogP contribution in [-0.2, 0) is 13.6 Å². The second kappa shape index (κ2) is 5.37. The first-order valence-electron chi connectivity index (χ1n) is 3.99. The lowest BCUT2D eigenvalue weighted by Crippen LogP contribution is -2.21. The number of alkyl halides is 6. The van der Waals surface area contributed by atoms with Crippen LogP contribution < -0.4 is 0 Å². The molecule has 0 spiro atoms. The second-order valence-electron chi connectivity index (χ2n) is 2.69. The van der Waals surface area contributed by atoms with E-state index >= 15 is 0 Å². The summed E-state index contributed by atoms with van der Waals surface area (Å²) in [5, 5.41) is 0. The van der Waals surface area contributed by atoms with Crippen LogP contribution in [0.15, 0.2) is 0 Å². The van der Waals surface area contributed by atoms with Gasteiger partial charge in [0.25, 0.3) is 0 Å². The third kappa shape index (κ3) is 7.95. The van der Waals surface area contributed by atoms with Gasteiger partial charge in [-0.05, 0) is 6.92 Å². The zero-order valence-corrected chi connectivity index (χ0v) is 8.96. The maximum absolute atomic E-state index is 11.9. The average Bonchev–Trinajstić information content (AvgIpc) is 1.96. The van der Waals surface area contributed by atoms with Crippen LogP contribution in [0.5, 0.6) is 0 Å². The fraction of sp³-hybridized carbons (Fsp3) is 1.00. The average molecular weight is 274 g/mol. The highest BCUT2D eigenvalue weighted by molar-refractivity contribution is 7.53. The zero-order valence-electron chi connectivity index (χ0n) is 8.06. The van der Waals surface area contributed by atoms with Crippen LogP contribution in [0, 0.1) is 0 Å². The summed E-state index contributed by atoms with van der Waals surface area (Å²) < 4.78 is 89.7. The first-order chi connectivity index (χ1) is 6.97. The van der Waals surface area contributed by atoms with Crippen molar-refractivity contribution in [2.24, 2.45) is 0 Å². The molecule has 98 valence electrons. The molecule has 0 amide bonds. The van der Waals surface area contributed by atoms with Gasteiger partial charge in [-0.3, -0.25) is 9.09 Å². The van der Waals surface area contributed by atoms with Gasteiger partial charge in [0.15, 0.2) is 6.61 Å². The summed E-state index contributed by atoms with van der Waals surface area (Å²) in [6.45, 7) is -1.29. The highest BCUT2D eigenvalue weighted by atomic mass is 31.2. The number of halogens is 6. The minimum Gasteiger partial charge on any atom is -0.309 e. The molecule has 0 heterocycles. The summed E-state index contributed by atoms with van der Waals surface area (Å²) in [7, 11) is -4.78. The molecule has 0 fully saturated rings. The van der Waals surface area contributed by atoms with E-state index in [0.29, 0.717) is 0 Å². The smallest absolute Gasteiger partial charge is 0.309 e. The molecule has 0 saturated carbocycles. The van der Waals surface area contributed by atoms with Gasteiger partial charge in [0.05, 0.1) is 6.61 Å². The molecule has 0 N–H and O–H groups in total. The summed E-state index contributed by atoms with van der Waals surface area (Å²) >= 11 is 0. The van der Waals surface area contributed by atoms with Crippen molar-refractivity contribution in [1.29, 1.82) is 0 Å². The van der Waals surface area contributed by atoms with Crippen molar-refractivity contribution in [2.45, 2.75) is 19.3 Å². The van der Waals surface area contributed by atoms with Crippen LogP contribution in [0.1, 0.15) is 6.92 Å². The fourth-order valence-corrected chi connectivity index (χ4v) is 2.15. The Balaban J connectivity index is 4.52. The lowest BCUT2D eigenvalue weighted by molar-refractivity contribution is -0.157. The van der Waals surface area contributed by atoms with Crippen molar-refractivity contribution in [3.8, 4) is 0 Å². The lowest BCUT2D eigenvalue weighted by Gasteiger charge is -2.19. The third-order valence-electron chi connectivity index (χ3n) is 1.12. The second-order valence-corrected chi connectivity index (χ2v) is 4.75. The third-order valence-corrected chi connectivity index (χ3v) is 3.04. The molecule has 16 heavy (non-hydrogen) atoms. The van der Waals surface area contributed by atoms with E-state index in [0.717, 1.165) is 0 Å². The Hall–Kier alpha value is -0.270. The largest absolute Gasteiger partial charge is 0.412 e. The van der Waals surface area contributed by atoms with Crippen molar-refractivity contribution in [3.63, 3.8) is 0 Å². The SMILES string of the molecule is CCOP(=O)(CC(F)(F)F)OCC(F)(F)F. The van der Waals surface area contributed by atoms with Crippen LogP contribution in [0.2, 0.25) is 0 Å². The van der Waals surface area contributed by atoms with Crippen LogP contribution in [0.25, 0.3) is 0 Å². The summed E-state index contributed by atoms with van der Waals surface area (Å²) in [5.41, 5.74) is 0. The zero-order chi connectivity index (χ0) is 13.0. The van der Waals surface area contributed by atoms with E-state index < -0.39 is 39.3 Å². The van der Waals surface area contributed by atoms with E-state index in [1.54, 1.807) is 0 Å². The van der Waals surface area contributed by atoms with Gasteiger partial charge in [-0.1, -0.05) is 0 Å². The van der Waals surface area contributed by atoms with Crippen LogP contribution in [0.4, 0.5) is 26.3 Å². The molecule has 0 rings (SSSR count). The van der Waals surface area contributed by atoms with Gasteiger partial charge in [-0.2, -0.15) is 26.3 Å². The molecule has 1 unspecified atom stereocenters. The summed E-state index contributed by atoms with van der Waals surface area (Å²) in [4.78, 5) is 0. The van der Waals surface area contributed by atoms with Gasteiger partial charge < -0.3 is 4.52 Å². The maximum Gasteiger partial charge on any atom is 0.412 e. The first kappa shape index (κ1) is 15.7. The predicted molar refractivity (Wildman–Crippen MR) is 42.2 cm³/mol. The molecule has 10 heteroatoms. The van der Waals surface area contributed by atoms with E-state index in [1.165, 1.54) is 6.92 Å². The highest BCUT2D eigenvalue weighted by Crippen LogP contribution is 2.52. The van der Waals surface area contributed by atoms with E-state index in [2.05, 4.69) is 9.05 Å². The monoisotopic (exact) mass is 274 g/mol. The molecular weight excluding hydrogens is 265 g/mol. The van der Waals surface area contributed by atoms with Gasteiger partial charge in [0, 0.05) is 0 Å². The predicted octanol–water partition coefficient (Wildman–Crippen LogP) is 3.36. The molecule has 0 aromatic carbocycles. The molecule has 0 saturated heterocycles. The van der Waals surface area contributed by atoms with Crippen molar-refractivity contribution >= 4 is 7.60 Å². The Bertz CT molecular complexity index is 260. The molecule has 3 nitrogen and oxygen atoms in total. The number of rotatable bonds is 5. The van der Waals surface area contributed by atoms with Crippen LogP contribution in [0.3, 0.4) is 0 Å². The number of hydrogen-bond acceptors (Lipinski definition) is 3. The maximum atomic E-state index is 11.9. The van der Waals surface area contributed by atoms with Crippen LogP contribution in [-0.4, -0.2) is 31.7 Å². The van der Waals surface area contributed by atoms with Gasteiger partial charge in [0.2, 0.25) is 0 Å². The van der Waals surface area contributed by atoms with Gasteiger partial charge in [0.1, 0.15) is 6.16 Å². The molecular formula is C6H9F6O3P. The quantitative estimate of drug-likeness (QED) is 0.569. The van der Waals surface area contributed by atoms with E-state index in [4.69, 9.17) is 0 Å². The molecule has 0 aromatic heterocycles. The van der Waals surface area contributed by atoms with Crippen molar-refractivity contribution < 1.29 is 40.0 Å². The van der Waals surface area contributed by atoms with Gasteiger partial charge >= 0.3 is 19.9 Å². The van der Waals surface area contributed by atoms with E-state index in [-0.39, 0.29) is 0 Å². The summed E-state index contributed by atoms with van der Waals surface area (Å²) in [5.74, 6) is 0.